The van der Waals surface area contributed by atoms with Crippen LogP contribution < -0.4 is 4.74 Å². The van der Waals surface area contributed by atoms with E-state index in [1.165, 1.54) is 0 Å². The number of sulfonamides is 1. The molecule has 0 radical (unpaired) electrons. The molecule has 6 nitrogen and oxygen atoms in total. The van der Waals surface area contributed by atoms with E-state index in [1.54, 1.807) is 22.8 Å². The molecule has 2 fully saturated rings. The van der Waals surface area contributed by atoms with Gasteiger partial charge in [0.15, 0.2) is 0 Å². The normalized spacial score (nSPS) is 26.4. The molecule has 3 rings (SSSR count). The van der Waals surface area contributed by atoms with Crippen molar-refractivity contribution in [1.82, 2.24) is 9.29 Å². The van der Waals surface area contributed by atoms with Crippen LogP contribution in [0.25, 0.3) is 0 Å². The number of rotatable bonds is 6. The summed E-state index contributed by atoms with van der Waals surface area (Å²) in [6, 6.07) is 3.64. The summed E-state index contributed by atoms with van der Waals surface area (Å²) in [5.74, 6) is 0.850. The third-order valence-corrected chi connectivity index (χ3v) is 6.03. The van der Waals surface area contributed by atoms with Crippen LogP contribution in [0.5, 0.6) is 5.75 Å². The zero-order chi connectivity index (χ0) is 15.4. The fourth-order valence-electron chi connectivity index (χ4n) is 2.94. The van der Waals surface area contributed by atoms with E-state index in [1.807, 2.05) is 6.07 Å². The van der Waals surface area contributed by atoms with Gasteiger partial charge >= 0.3 is 0 Å². The summed E-state index contributed by atoms with van der Waals surface area (Å²) in [5.41, 5.74) is 0. The maximum absolute atomic E-state index is 12.4. The average molecular weight is 326 g/mol. The first-order valence-electron chi connectivity index (χ1n) is 7.79. The Morgan fingerprint density at radius 2 is 2.32 bits per heavy atom. The van der Waals surface area contributed by atoms with Crippen LogP contribution in [0.2, 0.25) is 0 Å². The van der Waals surface area contributed by atoms with Gasteiger partial charge in [-0.2, -0.15) is 4.31 Å². The maximum atomic E-state index is 12.4. The lowest BCUT2D eigenvalue weighted by Gasteiger charge is -2.18. The fourth-order valence-corrected chi connectivity index (χ4v) is 4.53. The molecule has 1 aromatic heterocycles. The lowest BCUT2D eigenvalue weighted by Crippen LogP contribution is -2.33. The van der Waals surface area contributed by atoms with Crippen molar-refractivity contribution in [3.8, 4) is 5.75 Å². The standard InChI is InChI=1S/C15H22N2O4S/c18-22(19,10-6-13-4-2-9-20-13)17-8-5-15(12-17)21-14-3-1-7-16-11-14/h1,3,7,11,13,15H,2,4-6,8-10,12H2. The van der Waals surface area contributed by atoms with E-state index >= 15 is 0 Å². The van der Waals surface area contributed by atoms with Crippen LogP contribution in [-0.4, -0.2) is 55.4 Å². The number of ether oxygens (including phenoxy) is 2. The molecule has 0 bridgehead atoms. The predicted molar refractivity (Wildman–Crippen MR) is 82.2 cm³/mol. The number of aromatic nitrogens is 1. The quantitative estimate of drug-likeness (QED) is 0.791. The Hall–Kier alpha value is -1.18. The Labute approximate surface area is 131 Å². The van der Waals surface area contributed by atoms with Gasteiger partial charge in [0.1, 0.15) is 11.9 Å². The highest BCUT2D eigenvalue weighted by Crippen LogP contribution is 2.22. The minimum Gasteiger partial charge on any atom is -0.487 e. The smallest absolute Gasteiger partial charge is 0.214 e. The van der Waals surface area contributed by atoms with Crippen molar-refractivity contribution < 1.29 is 17.9 Å². The Bertz CT molecular complexity index is 572. The van der Waals surface area contributed by atoms with E-state index < -0.39 is 10.0 Å². The maximum Gasteiger partial charge on any atom is 0.214 e. The molecule has 0 amide bonds. The lowest BCUT2D eigenvalue weighted by molar-refractivity contribution is 0.108. The van der Waals surface area contributed by atoms with Crippen LogP contribution in [0.3, 0.4) is 0 Å². The second-order valence-corrected chi connectivity index (χ2v) is 7.90. The third-order valence-electron chi connectivity index (χ3n) is 4.16. The van der Waals surface area contributed by atoms with Gasteiger partial charge in [-0.1, -0.05) is 0 Å². The van der Waals surface area contributed by atoms with Gasteiger partial charge in [0, 0.05) is 19.3 Å². The Balaban J connectivity index is 1.50. The van der Waals surface area contributed by atoms with E-state index in [0.29, 0.717) is 31.7 Å². The molecule has 0 spiro atoms. The van der Waals surface area contributed by atoms with Crippen molar-refractivity contribution in [1.29, 1.82) is 0 Å². The van der Waals surface area contributed by atoms with Crippen molar-refractivity contribution in [2.24, 2.45) is 0 Å². The Morgan fingerprint density at radius 1 is 1.41 bits per heavy atom. The number of nitrogens with zero attached hydrogens (tertiary/aromatic N) is 2. The summed E-state index contributed by atoms with van der Waals surface area (Å²) in [6.45, 7) is 1.71. The van der Waals surface area contributed by atoms with Gasteiger partial charge in [0.25, 0.3) is 0 Å². The van der Waals surface area contributed by atoms with E-state index in [-0.39, 0.29) is 18.0 Å². The highest BCUT2D eigenvalue weighted by molar-refractivity contribution is 7.89. The van der Waals surface area contributed by atoms with Gasteiger partial charge in [0.05, 0.1) is 24.6 Å². The molecule has 0 aliphatic carbocycles. The van der Waals surface area contributed by atoms with Crippen LogP contribution in [0.4, 0.5) is 0 Å². The molecule has 2 aliphatic heterocycles. The molecule has 2 aliphatic rings. The van der Waals surface area contributed by atoms with Gasteiger partial charge in [-0.15, -0.1) is 0 Å². The Morgan fingerprint density at radius 3 is 3.05 bits per heavy atom. The second-order valence-electron chi connectivity index (χ2n) is 5.81. The van der Waals surface area contributed by atoms with E-state index in [2.05, 4.69) is 4.98 Å². The van der Waals surface area contributed by atoms with Crippen LogP contribution >= 0.6 is 0 Å². The fraction of sp³-hybridized carbons (Fsp3) is 0.667. The van der Waals surface area contributed by atoms with Gasteiger partial charge in [-0.3, -0.25) is 4.98 Å². The molecule has 3 heterocycles. The zero-order valence-corrected chi connectivity index (χ0v) is 13.4. The van der Waals surface area contributed by atoms with Crippen molar-refractivity contribution in [3.05, 3.63) is 24.5 Å². The monoisotopic (exact) mass is 326 g/mol. The molecule has 7 heteroatoms. The molecule has 2 unspecified atom stereocenters. The summed E-state index contributed by atoms with van der Waals surface area (Å²) in [4.78, 5) is 4.00. The SMILES string of the molecule is O=S(=O)(CCC1CCCO1)N1CCC(Oc2cccnc2)C1. The summed E-state index contributed by atoms with van der Waals surface area (Å²) in [7, 11) is -3.21. The first-order valence-corrected chi connectivity index (χ1v) is 9.40. The van der Waals surface area contributed by atoms with Crippen molar-refractivity contribution in [3.63, 3.8) is 0 Å². The van der Waals surface area contributed by atoms with E-state index in [0.717, 1.165) is 19.4 Å². The van der Waals surface area contributed by atoms with E-state index in [4.69, 9.17) is 9.47 Å². The molecular weight excluding hydrogens is 304 g/mol. The molecule has 0 aromatic carbocycles. The summed E-state index contributed by atoms with van der Waals surface area (Å²) < 4.78 is 37.6. The average Bonchev–Trinajstić information content (AvgIpc) is 3.18. The predicted octanol–water partition coefficient (Wildman–Crippen LogP) is 1.43. The second kappa shape index (κ2) is 6.93. The van der Waals surface area contributed by atoms with Crippen LogP contribution in [0.15, 0.2) is 24.5 Å². The molecule has 0 saturated carbocycles. The van der Waals surface area contributed by atoms with Crippen molar-refractivity contribution >= 4 is 10.0 Å². The number of hydrogen-bond acceptors (Lipinski definition) is 5. The van der Waals surface area contributed by atoms with Crippen molar-refractivity contribution in [2.45, 2.75) is 37.9 Å². The molecule has 0 N–H and O–H groups in total. The number of hydrogen-bond donors (Lipinski definition) is 0. The molecule has 122 valence electrons. The summed E-state index contributed by atoms with van der Waals surface area (Å²) >= 11 is 0. The first kappa shape index (κ1) is 15.7. The largest absolute Gasteiger partial charge is 0.487 e. The molecule has 2 atom stereocenters. The molecular formula is C15H22N2O4S. The van der Waals surface area contributed by atoms with Gasteiger partial charge in [-0.05, 0) is 37.8 Å². The van der Waals surface area contributed by atoms with E-state index in [9.17, 15) is 8.42 Å². The summed E-state index contributed by atoms with van der Waals surface area (Å²) in [6.07, 6.45) is 6.66. The Kier molecular flexibility index (Phi) is 4.95. The van der Waals surface area contributed by atoms with Gasteiger partial charge in [0.2, 0.25) is 10.0 Å². The third kappa shape index (κ3) is 3.97. The molecule has 22 heavy (non-hydrogen) atoms. The highest BCUT2D eigenvalue weighted by Gasteiger charge is 2.33. The molecule has 2 saturated heterocycles. The van der Waals surface area contributed by atoms with Crippen LogP contribution in [-0.2, 0) is 14.8 Å². The lowest BCUT2D eigenvalue weighted by atomic mass is 10.2. The van der Waals surface area contributed by atoms with Gasteiger partial charge < -0.3 is 9.47 Å². The topological polar surface area (TPSA) is 68.7 Å². The summed E-state index contributed by atoms with van der Waals surface area (Å²) in [5, 5.41) is 0. The minimum atomic E-state index is -3.21. The molecule has 1 aromatic rings. The highest BCUT2D eigenvalue weighted by atomic mass is 32.2. The van der Waals surface area contributed by atoms with Crippen LogP contribution in [0.1, 0.15) is 25.7 Å². The first-order chi connectivity index (χ1) is 10.6. The number of pyridine rings is 1. The minimum absolute atomic E-state index is 0.0956. The van der Waals surface area contributed by atoms with Crippen LogP contribution in [0, 0.1) is 0 Å². The zero-order valence-electron chi connectivity index (χ0n) is 12.6. The van der Waals surface area contributed by atoms with Gasteiger partial charge in [-0.25, -0.2) is 8.42 Å². The van der Waals surface area contributed by atoms with Crippen molar-refractivity contribution in [2.75, 3.05) is 25.4 Å².